The maximum absolute atomic E-state index is 5.27. The van der Waals surface area contributed by atoms with Crippen molar-refractivity contribution in [3.05, 3.63) is 54.2 Å². The molecule has 23 heavy (non-hydrogen) atoms. The van der Waals surface area contributed by atoms with Gasteiger partial charge in [-0.2, -0.15) is 5.10 Å². The Hall–Kier alpha value is -3.28. The van der Waals surface area contributed by atoms with Crippen molar-refractivity contribution in [3.8, 4) is 5.75 Å². The summed E-state index contributed by atoms with van der Waals surface area (Å²) in [5.41, 5.74) is 6.81. The van der Waals surface area contributed by atoms with Gasteiger partial charge in [0.1, 0.15) is 5.75 Å². The zero-order valence-corrected chi connectivity index (χ0v) is 12.5. The summed E-state index contributed by atoms with van der Waals surface area (Å²) in [7, 11) is 1.66. The van der Waals surface area contributed by atoms with Gasteiger partial charge in [0.05, 0.1) is 24.4 Å². The van der Waals surface area contributed by atoms with E-state index in [1.807, 2.05) is 48.7 Å². The van der Waals surface area contributed by atoms with Crippen molar-refractivity contribution in [2.45, 2.75) is 0 Å². The van der Waals surface area contributed by atoms with E-state index in [-0.39, 0.29) is 0 Å². The molecule has 4 rings (SSSR count). The molecule has 6 nitrogen and oxygen atoms in total. The van der Waals surface area contributed by atoms with Crippen LogP contribution in [-0.2, 0) is 0 Å². The molecule has 0 aliphatic carbocycles. The van der Waals surface area contributed by atoms with Crippen LogP contribution < -0.4 is 10.2 Å². The first-order chi connectivity index (χ1) is 11.3. The second-order valence-corrected chi connectivity index (χ2v) is 5.13. The summed E-state index contributed by atoms with van der Waals surface area (Å²) in [6.45, 7) is 0. The molecule has 0 unspecified atom stereocenters. The van der Waals surface area contributed by atoms with E-state index in [0.29, 0.717) is 5.95 Å². The van der Waals surface area contributed by atoms with E-state index in [2.05, 4.69) is 25.5 Å². The highest BCUT2D eigenvalue weighted by atomic mass is 16.5. The Kier molecular flexibility index (Phi) is 3.20. The highest BCUT2D eigenvalue weighted by Gasteiger charge is 2.03. The molecule has 0 spiro atoms. The zero-order chi connectivity index (χ0) is 15.6. The summed E-state index contributed by atoms with van der Waals surface area (Å²) < 4.78 is 5.27. The van der Waals surface area contributed by atoms with Crippen LogP contribution in [0, 0.1) is 0 Å². The van der Waals surface area contributed by atoms with Crippen molar-refractivity contribution >= 4 is 34.1 Å². The lowest BCUT2D eigenvalue weighted by molar-refractivity contribution is 0.415. The normalized spacial score (nSPS) is 11.5. The second kappa shape index (κ2) is 5.49. The van der Waals surface area contributed by atoms with Gasteiger partial charge in [0.2, 0.25) is 5.95 Å². The third-order valence-corrected chi connectivity index (χ3v) is 3.68. The fraction of sp³-hybridized carbons (Fsp3) is 0.0588. The predicted octanol–water partition coefficient (Wildman–Crippen LogP) is 3.50. The minimum Gasteiger partial charge on any atom is -0.497 e. The standard InChI is InChI=1S/C17H15N5O/c1-23-12-6-7-14-13(8-12)11(9-18-14)10-19-22-17-20-15-4-2-3-5-16(15)21-17/h2-10,18H,1H3,(H2,20,21,22)/b19-10+. The van der Waals surface area contributed by atoms with E-state index >= 15 is 0 Å². The number of para-hydroxylation sites is 2. The van der Waals surface area contributed by atoms with Crippen molar-refractivity contribution in [2.75, 3.05) is 12.5 Å². The van der Waals surface area contributed by atoms with E-state index in [4.69, 9.17) is 4.74 Å². The van der Waals surface area contributed by atoms with Crippen molar-refractivity contribution in [1.82, 2.24) is 15.0 Å². The average Bonchev–Trinajstić information content (AvgIpc) is 3.18. The van der Waals surface area contributed by atoms with E-state index in [0.717, 1.165) is 33.2 Å². The van der Waals surface area contributed by atoms with E-state index in [1.165, 1.54) is 0 Å². The van der Waals surface area contributed by atoms with Crippen LogP contribution in [0.5, 0.6) is 5.75 Å². The van der Waals surface area contributed by atoms with Crippen LogP contribution in [0.2, 0.25) is 0 Å². The molecular formula is C17H15N5O. The molecule has 114 valence electrons. The van der Waals surface area contributed by atoms with Crippen LogP contribution in [0.1, 0.15) is 5.56 Å². The van der Waals surface area contributed by atoms with Gasteiger partial charge in [-0.15, -0.1) is 0 Å². The molecule has 0 fully saturated rings. The Morgan fingerprint density at radius 2 is 2.09 bits per heavy atom. The molecule has 0 atom stereocenters. The third-order valence-electron chi connectivity index (χ3n) is 3.68. The largest absolute Gasteiger partial charge is 0.497 e. The molecule has 3 N–H and O–H groups in total. The van der Waals surface area contributed by atoms with Gasteiger partial charge in [-0.25, -0.2) is 10.4 Å². The van der Waals surface area contributed by atoms with Gasteiger partial charge < -0.3 is 14.7 Å². The number of anilines is 1. The molecule has 0 radical (unpaired) electrons. The van der Waals surface area contributed by atoms with Gasteiger partial charge in [-0.05, 0) is 30.3 Å². The highest BCUT2D eigenvalue weighted by Crippen LogP contribution is 2.22. The van der Waals surface area contributed by atoms with Crippen LogP contribution in [0.15, 0.2) is 53.8 Å². The lowest BCUT2D eigenvalue weighted by atomic mass is 10.2. The molecular weight excluding hydrogens is 290 g/mol. The SMILES string of the molecule is COc1ccc2[nH]cc(/C=N/Nc3nc4ccccc4[nH]3)c2c1. The van der Waals surface area contributed by atoms with Crippen LogP contribution in [0.3, 0.4) is 0 Å². The molecule has 2 aromatic carbocycles. The number of rotatable bonds is 4. The van der Waals surface area contributed by atoms with Gasteiger partial charge >= 0.3 is 0 Å². The third kappa shape index (κ3) is 2.50. The Balaban J connectivity index is 1.58. The number of aromatic nitrogens is 3. The summed E-state index contributed by atoms with van der Waals surface area (Å²) in [6.07, 6.45) is 3.67. The Morgan fingerprint density at radius 3 is 2.96 bits per heavy atom. The van der Waals surface area contributed by atoms with Crippen molar-refractivity contribution in [3.63, 3.8) is 0 Å². The van der Waals surface area contributed by atoms with E-state index in [9.17, 15) is 0 Å². The lowest BCUT2D eigenvalue weighted by Crippen LogP contribution is -1.91. The number of aromatic amines is 2. The molecule has 6 heteroatoms. The molecule has 0 saturated carbocycles. The molecule has 4 aromatic rings. The van der Waals surface area contributed by atoms with Crippen molar-refractivity contribution in [1.29, 1.82) is 0 Å². The lowest BCUT2D eigenvalue weighted by Gasteiger charge is -1.99. The molecule has 2 heterocycles. The van der Waals surface area contributed by atoms with E-state index < -0.39 is 0 Å². The van der Waals surface area contributed by atoms with E-state index in [1.54, 1.807) is 13.3 Å². The molecule has 0 aliphatic heterocycles. The van der Waals surface area contributed by atoms with Gasteiger partial charge in [-0.1, -0.05) is 12.1 Å². The highest BCUT2D eigenvalue weighted by molar-refractivity contribution is 5.99. The summed E-state index contributed by atoms with van der Waals surface area (Å²) in [6, 6.07) is 13.7. The number of hydrogen-bond donors (Lipinski definition) is 3. The number of fused-ring (bicyclic) bond motifs is 2. The zero-order valence-electron chi connectivity index (χ0n) is 12.5. The first kappa shape index (κ1) is 13.4. The van der Waals surface area contributed by atoms with Gasteiger partial charge in [0.25, 0.3) is 0 Å². The van der Waals surface area contributed by atoms with Crippen LogP contribution >= 0.6 is 0 Å². The topological polar surface area (TPSA) is 78.1 Å². The Bertz CT molecular complexity index is 965. The minimum absolute atomic E-state index is 0.611. The Morgan fingerprint density at radius 1 is 1.17 bits per heavy atom. The number of hydrogen-bond acceptors (Lipinski definition) is 4. The van der Waals surface area contributed by atoms with Gasteiger partial charge in [0.15, 0.2) is 0 Å². The van der Waals surface area contributed by atoms with Crippen molar-refractivity contribution in [2.24, 2.45) is 5.10 Å². The number of nitrogens with zero attached hydrogens (tertiary/aromatic N) is 2. The van der Waals surface area contributed by atoms with Crippen LogP contribution in [0.4, 0.5) is 5.95 Å². The molecule has 0 bridgehead atoms. The number of ether oxygens (including phenoxy) is 1. The maximum Gasteiger partial charge on any atom is 0.222 e. The molecule has 2 aromatic heterocycles. The number of imidazole rings is 1. The first-order valence-electron chi connectivity index (χ1n) is 7.22. The number of nitrogens with one attached hydrogen (secondary N) is 3. The maximum atomic E-state index is 5.27. The minimum atomic E-state index is 0.611. The number of H-pyrrole nitrogens is 2. The van der Waals surface area contributed by atoms with Gasteiger partial charge in [-0.3, -0.25) is 0 Å². The summed E-state index contributed by atoms with van der Waals surface area (Å²) in [4.78, 5) is 10.8. The van der Waals surface area contributed by atoms with Gasteiger partial charge in [0, 0.05) is 22.7 Å². The van der Waals surface area contributed by atoms with Crippen molar-refractivity contribution < 1.29 is 4.74 Å². The average molecular weight is 305 g/mol. The predicted molar refractivity (Wildman–Crippen MR) is 92.2 cm³/mol. The Labute approximate surface area is 132 Å². The second-order valence-electron chi connectivity index (χ2n) is 5.13. The summed E-state index contributed by atoms with van der Waals surface area (Å²) in [5, 5.41) is 5.31. The summed E-state index contributed by atoms with van der Waals surface area (Å²) >= 11 is 0. The monoisotopic (exact) mass is 305 g/mol. The quantitative estimate of drug-likeness (QED) is 0.399. The van der Waals surface area contributed by atoms with Crippen LogP contribution in [-0.4, -0.2) is 28.3 Å². The molecule has 0 amide bonds. The first-order valence-corrected chi connectivity index (χ1v) is 7.22. The van der Waals surface area contributed by atoms with Crippen LogP contribution in [0.25, 0.3) is 21.9 Å². The number of methoxy groups -OCH3 is 1. The smallest absolute Gasteiger partial charge is 0.222 e. The number of benzene rings is 2. The fourth-order valence-corrected chi connectivity index (χ4v) is 2.52. The molecule has 0 aliphatic rings. The fourth-order valence-electron chi connectivity index (χ4n) is 2.52. The molecule has 0 saturated heterocycles. The number of hydrazone groups is 1. The summed E-state index contributed by atoms with van der Waals surface area (Å²) in [5.74, 6) is 1.43.